The van der Waals surface area contributed by atoms with Crippen LogP contribution in [0.25, 0.3) is 0 Å². The van der Waals surface area contributed by atoms with Gasteiger partial charge in [0.2, 0.25) is 0 Å². The predicted octanol–water partition coefficient (Wildman–Crippen LogP) is 2.27. The van der Waals surface area contributed by atoms with Crippen molar-refractivity contribution in [1.82, 2.24) is 0 Å². The second-order valence-electron chi connectivity index (χ2n) is 3.11. The number of hydrogen-bond donors (Lipinski definition) is 1. The van der Waals surface area contributed by atoms with E-state index in [1.54, 1.807) is 6.92 Å². The summed E-state index contributed by atoms with van der Waals surface area (Å²) in [5.41, 5.74) is 0.938. The van der Waals surface area contributed by atoms with Gasteiger partial charge in [0.25, 0.3) is 10.1 Å². The minimum Gasteiger partial charge on any atom is -0.282 e. The molecule has 1 rings (SSSR count). The topological polar surface area (TPSA) is 54.4 Å². The van der Waals surface area contributed by atoms with Crippen LogP contribution in [0, 0.1) is 6.92 Å². The fraction of sp³-hybridized carbons (Fsp3) is 0.333. The van der Waals surface area contributed by atoms with Gasteiger partial charge in [-0.2, -0.15) is 8.42 Å². The van der Waals surface area contributed by atoms with E-state index in [0.717, 1.165) is 6.07 Å². The van der Waals surface area contributed by atoms with Gasteiger partial charge in [-0.25, -0.2) is 4.39 Å². The Hall–Kier alpha value is -0.940. The van der Waals surface area contributed by atoms with Crippen LogP contribution in [0.15, 0.2) is 23.1 Å². The minimum atomic E-state index is -4.24. The van der Waals surface area contributed by atoms with Crippen molar-refractivity contribution < 1.29 is 17.4 Å². The summed E-state index contributed by atoms with van der Waals surface area (Å²) in [5.74, 6) is 0. The molecule has 0 aliphatic heterocycles. The second kappa shape index (κ2) is 3.67. The third-order valence-electron chi connectivity index (χ3n) is 1.98. The highest BCUT2D eigenvalue weighted by molar-refractivity contribution is 7.85. The maximum Gasteiger partial charge on any atom is 0.294 e. The zero-order chi connectivity index (χ0) is 10.9. The fourth-order valence-corrected chi connectivity index (χ4v) is 1.72. The smallest absolute Gasteiger partial charge is 0.282 e. The van der Waals surface area contributed by atoms with Gasteiger partial charge in [-0.05, 0) is 37.1 Å². The van der Waals surface area contributed by atoms with Gasteiger partial charge in [0.1, 0.15) is 6.17 Å². The van der Waals surface area contributed by atoms with Crippen LogP contribution in [0.2, 0.25) is 0 Å². The Morgan fingerprint density at radius 3 is 2.43 bits per heavy atom. The van der Waals surface area contributed by atoms with E-state index in [9.17, 15) is 12.8 Å². The molecular formula is C9H11FO3S. The maximum absolute atomic E-state index is 13.0. The van der Waals surface area contributed by atoms with Gasteiger partial charge in [-0.1, -0.05) is 6.07 Å². The molecule has 1 N–H and O–H groups in total. The van der Waals surface area contributed by atoms with Crippen LogP contribution in [0.5, 0.6) is 0 Å². The van der Waals surface area contributed by atoms with Gasteiger partial charge >= 0.3 is 0 Å². The fourth-order valence-electron chi connectivity index (χ4n) is 1.21. The number of aryl methyl sites for hydroxylation is 1. The van der Waals surface area contributed by atoms with Crippen molar-refractivity contribution in [2.45, 2.75) is 24.9 Å². The molecule has 0 aliphatic rings. The molecule has 5 heteroatoms. The van der Waals surface area contributed by atoms with Crippen molar-refractivity contribution in [3.63, 3.8) is 0 Å². The summed E-state index contributed by atoms with van der Waals surface area (Å²) in [6.07, 6.45) is -1.25. The summed E-state index contributed by atoms with van der Waals surface area (Å²) < 4.78 is 43.2. The first-order valence-electron chi connectivity index (χ1n) is 4.04. The van der Waals surface area contributed by atoms with E-state index in [1.807, 2.05) is 0 Å². The SMILES string of the molecule is Cc1ccc(S(=O)(=O)O)cc1C(C)F. The van der Waals surface area contributed by atoms with Crippen LogP contribution in [0.4, 0.5) is 4.39 Å². The van der Waals surface area contributed by atoms with Crippen LogP contribution in [-0.2, 0) is 10.1 Å². The molecule has 1 unspecified atom stereocenters. The summed E-state index contributed by atoms with van der Waals surface area (Å²) in [6, 6.07) is 3.86. The average molecular weight is 218 g/mol. The van der Waals surface area contributed by atoms with Gasteiger partial charge in [0, 0.05) is 0 Å². The van der Waals surface area contributed by atoms with Gasteiger partial charge < -0.3 is 0 Å². The molecule has 1 aromatic carbocycles. The van der Waals surface area contributed by atoms with E-state index in [-0.39, 0.29) is 10.5 Å². The van der Waals surface area contributed by atoms with Crippen LogP contribution in [0.3, 0.4) is 0 Å². The van der Waals surface area contributed by atoms with E-state index >= 15 is 0 Å². The monoisotopic (exact) mass is 218 g/mol. The van der Waals surface area contributed by atoms with Gasteiger partial charge in [-0.15, -0.1) is 0 Å². The third-order valence-corrected chi connectivity index (χ3v) is 2.83. The van der Waals surface area contributed by atoms with Crippen molar-refractivity contribution in [2.24, 2.45) is 0 Å². The molecule has 0 saturated carbocycles. The lowest BCUT2D eigenvalue weighted by atomic mass is 10.1. The van der Waals surface area contributed by atoms with Crippen molar-refractivity contribution >= 4 is 10.1 Å². The van der Waals surface area contributed by atoms with Crippen molar-refractivity contribution in [2.75, 3.05) is 0 Å². The Bertz CT molecular complexity index is 437. The lowest BCUT2D eigenvalue weighted by Crippen LogP contribution is -2.00. The standard InChI is InChI=1S/C9H11FO3S/c1-6-3-4-8(14(11,12)13)5-9(6)7(2)10/h3-5,7H,1-2H3,(H,11,12,13). The number of hydrogen-bond acceptors (Lipinski definition) is 2. The van der Waals surface area contributed by atoms with Crippen LogP contribution < -0.4 is 0 Å². The van der Waals surface area contributed by atoms with E-state index in [2.05, 4.69) is 0 Å². The molecule has 3 nitrogen and oxygen atoms in total. The quantitative estimate of drug-likeness (QED) is 0.775. The van der Waals surface area contributed by atoms with Gasteiger partial charge in [-0.3, -0.25) is 4.55 Å². The number of rotatable bonds is 2. The normalized spacial score (nSPS) is 14.0. The third kappa shape index (κ3) is 2.30. The summed E-state index contributed by atoms with van der Waals surface area (Å²) in [5, 5.41) is 0. The molecule has 0 fully saturated rings. The average Bonchev–Trinajstić information content (AvgIpc) is 2.02. The Morgan fingerprint density at radius 1 is 1.43 bits per heavy atom. The van der Waals surface area contributed by atoms with E-state index in [1.165, 1.54) is 19.1 Å². The molecule has 0 amide bonds. The first kappa shape index (κ1) is 11.1. The van der Waals surface area contributed by atoms with Crippen LogP contribution >= 0.6 is 0 Å². The van der Waals surface area contributed by atoms with Crippen molar-refractivity contribution in [3.8, 4) is 0 Å². The molecule has 0 saturated heterocycles. The second-order valence-corrected chi connectivity index (χ2v) is 4.53. The van der Waals surface area contributed by atoms with E-state index in [0.29, 0.717) is 5.56 Å². The van der Waals surface area contributed by atoms with Crippen LogP contribution in [0.1, 0.15) is 24.2 Å². The molecule has 0 heterocycles. The van der Waals surface area contributed by atoms with Crippen molar-refractivity contribution in [3.05, 3.63) is 29.3 Å². The molecule has 0 bridgehead atoms. The highest BCUT2D eigenvalue weighted by Crippen LogP contribution is 2.23. The molecule has 78 valence electrons. The van der Waals surface area contributed by atoms with Crippen molar-refractivity contribution in [1.29, 1.82) is 0 Å². The summed E-state index contributed by atoms with van der Waals surface area (Å²) in [6.45, 7) is 3.00. The predicted molar refractivity (Wildman–Crippen MR) is 50.5 cm³/mol. The zero-order valence-electron chi connectivity index (χ0n) is 7.86. The summed E-state index contributed by atoms with van der Waals surface area (Å²) >= 11 is 0. The number of alkyl halides is 1. The Balaban J connectivity index is 3.34. The Labute approximate surface area is 82.3 Å². The molecule has 1 aromatic rings. The molecule has 0 spiro atoms. The molecule has 0 aromatic heterocycles. The number of halogens is 1. The van der Waals surface area contributed by atoms with Gasteiger partial charge in [0.15, 0.2) is 0 Å². The first-order valence-corrected chi connectivity index (χ1v) is 5.48. The lowest BCUT2D eigenvalue weighted by Gasteiger charge is -2.07. The molecule has 14 heavy (non-hydrogen) atoms. The van der Waals surface area contributed by atoms with E-state index in [4.69, 9.17) is 4.55 Å². The largest absolute Gasteiger partial charge is 0.294 e. The lowest BCUT2D eigenvalue weighted by molar-refractivity contribution is 0.372. The Morgan fingerprint density at radius 2 is 2.00 bits per heavy atom. The molecular weight excluding hydrogens is 207 g/mol. The Kier molecular flexibility index (Phi) is 2.92. The van der Waals surface area contributed by atoms with Gasteiger partial charge in [0.05, 0.1) is 4.90 Å². The highest BCUT2D eigenvalue weighted by atomic mass is 32.2. The molecule has 0 aliphatic carbocycles. The molecule has 0 radical (unpaired) electrons. The van der Waals surface area contributed by atoms with E-state index < -0.39 is 16.3 Å². The first-order chi connectivity index (χ1) is 6.32. The highest BCUT2D eigenvalue weighted by Gasteiger charge is 2.14. The zero-order valence-corrected chi connectivity index (χ0v) is 8.68. The summed E-state index contributed by atoms with van der Waals surface area (Å²) in [4.78, 5) is -0.275. The minimum absolute atomic E-state index is 0.275. The number of benzene rings is 1. The summed E-state index contributed by atoms with van der Waals surface area (Å²) in [7, 11) is -4.24. The molecule has 1 atom stereocenters. The maximum atomic E-state index is 13.0. The van der Waals surface area contributed by atoms with Crippen LogP contribution in [-0.4, -0.2) is 13.0 Å².